The molecule has 0 aliphatic rings. The Morgan fingerprint density at radius 3 is 2.89 bits per heavy atom. The molecular formula is C14H15ClO3. The van der Waals surface area contributed by atoms with E-state index in [0.717, 1.165) is 35.1 Å². The molecule has 1 aromatic carbocycles. The molecule has 18 heavy (non-hydrogen) atoms. The Bertz CT molecular complexity index is 572. The van der Waals surface area contributed by atoms with Gasteiger partial charge in [-0.1, -0.05) is 11.6 Å². The molecule has 0 aliphatic heterocycles. The summed E-state index contributed by atoms with van der Waals surface area (Å²) >= 11 is 5.95. The van der Waals surface area contributed by atoms with E-state index in [9.17, 15) is 4.79 Å². The third-order valence-electron chi connectivity index (χ3n) is 3.04. The van der Waals surface area contributed by atoms with Crippen molar-refractivity contribution in [3.8, 4) is 0 Å². The van der Waals surface area contributed by atoms with Crippen molar-refractivity contribution >= 4 is 28.5 Å². The summed E-state index contributed by atoms with van der Waals surface area (Å²) in [6, 6.07) is 5.57. The molecule has 3 nitrogen and oxygen atoms in total. The van der Waals surface area contributed by atoms with Gasteiger partial charge >= 0.3 is 5.97 Å². The molecule has 0 fully saturated rings. The molecular weight excluding hydrogens is 252 g/mol. The Morgan fingerprint density at radius 1 is 1.39 bits per heavy atom. The zero-order chi connectivity index (χ0) is 13.1. The minimum absolute atomic E-state index is 0.213. The van der Waals surface area contributed by atoms with Crippen molar-refractivity contribution in [2.75, 3.05) is 0 Å². The SMILES string of the molecule is Cc1c(CCCCC(=O)O)oc2ccc(Cl)cc12. The molecule has 0 bridgehead atoms. The molecule has 1 N–H and O–H groups in total. The summed E-state index contributed by atoms with van der Waals surface area (Å²) in [5.41, 5.74) is 1.94. The summed E-state index contributed by atoms with van der Waals surface area (Å²) in [7, 11) is 0. The molecule has 0 unspecified atom stereocenters. The smallest absolute Gasteiger partial charge is 0.303 e. The molecule has 96 valence electrons. The van der Waals surface area contributed by atoms with E-state index in [0.29, 0.717) is 11.4 Å². The van der Waals surface area contributed by atoms with Gasteiger partial charge in [-0.3, -0.25) is 4.79 Å². The molecule has 2 rings (SSSR count). The van der Waals surface area contributed by atoms with Crippen LogP contribution in [-0.4, -0.2) is 11.1 Å². The predicted octanol–water partition coefficient (Wildman–Crippen LogP) is 4.19. The fraction of sp³-hybridized carbons (Fsp3) is 0.357. The lowest BCUT2D eigenvalue weighted by Crippen LogP contribution is -1.94. The molecule has 0 atom stereocenters. The molecule has 0 saturated heterocycles. The standard InChI is InChI=1S/C14H15ClO3/c1-9-11-8-10(15)6-7-13(11)18-12(9)4-2-3-5-14(16)17/h6-8H,2-5H2,1H3,(H,16,17). The number of benzene rings is 1. The van der Waals surface area contributed by atoms with E-state index in [2.05, 4.69) is 0 Å². The number of unbranched alkanes of at least 4 members (excludes halogenated alkanes) is 1. The molecule has 0 amide bonds. The summed E-state index contributed by atoms with van der Waals surface area (Å²) in [6.07, 6.45) is 2.48. The lowest BCUT2D eigenvalue weighted by molar-refractivity contribution is -0.137. The lowest BCUT2D eigenvalue weighted by Gasteiger charge is -1.97. The Hall–Kier alpha value is -1.48. The first kappa shape index (κ1) is 13.0. The maximum atomic E-state index is 10.4. The maximum absolute atomic E-state index is 10.4. The quantitative estimate of drug-likeness (QED) is 0.826. The van der Waals surface area contributed by atoms with Crippen molar-refractivity contribution in [1.82, 2.24) is 0 Å². The van der Waals surface area contributed by atoms with Crippen LogP contribution in [0.25, 0.3) is 11.0 Å². The van der Waals surface area contributed by atoms with Crippen LogP contribution in [0.1, 0.15) is 30.6 Å². The molecule has 0 spiro atoms. The number of carboxylic acids is 1. The van der Waals surface area contributed by atoms with Crippen LogP contribution in [0.5, 0.6) is 0 Å². The van der Waals surface area contributed by atoms with Gasteiger partial charge in [-0.05, 0) is 43.5 Å². The predicted molar refractivity (Wildman–Crippen MR) is 71.2 cm³/mol. The summed E-state index contributed by atoms with van der Waals surface area (Å²) < 4.78 is 5.75. The van der Waals surface area contributed by atoms with Crippen LogP contribution in [-0.2, 0) is 11.2 Å². The van der Waals surface area contributed by atoms with Crippen LogP contribution in [0.4, 0.5) is 0 Å². The van der Waals surface area contributed by atoms with Crippen LogP contribution in [0.2, 0.25) is 5.02 Å². The van der Waals surface area contributed by atoms with Crippen LogP contribution in [0.3, 0.4) is 0 Å². The Labute approximate surface area is 110 Å². The number of carboxylic acid groups (broad SMARTS) is 1. The first-order valence-corrected chi connectivity index (χ1v) is 6.35. The van der Waals surface area contributed by atoms with Crippen molar-refractivity contribution in [3.63, 3.8) is 0 Å². The number of furan rings is 1. The van der Waals surface area contributed by atoms with Crippen molar-refractivity contribution in [2.24, 2.45) is 0 Å². The second-order valence-electron chi connectivity index (χ2n) is 4.39. The third kappa shape index (κ3) is 2.85. The van der Waals surface area contributed by atoms with Gasteiger partial charge in [0.1, 0.15) is 11.3 Å². The number of carbonyl (C=O) groups is 1. The lowest BCUT2D eigenvalue weighted by atomic mass is 10.1. The van der Waals surface area contributed by atoms with Gasteiger partial charge in [0.2, 0.25) is 0 Å². The van der Waals surface area contributed by atoms with Crippen LogP contribution in [0, 0.1) is 6.92 Å². The zero-order valence-electron chi connectivity index (χ0n) is 10.2. The monoisotopic (exact) mass is 266 g/mol. The summed E-state index contributed by atoms with van der Waals surface area (Å²) in [5, 5.41) is 10.3. The van der Waals surface area contributed by atoms with Gasteiger partial charge < -0.3 is 9.52 Å². The van der Waals surface area contributed by atoms with Gasteiger partial charge in [0.25, 0.3) is 0 Å². The summed E-state index contributed by atoms with van der Waals surface area (Å²) in [5.74, 6) is 0.181. The van der Waals surface area contributed by atoms with Crippen LogP contribution < -0.4 is 0 Å². The second kappa shape index (κ2) is 5.44. The van der Waals surface area contributed by atoms with E-state index >= 15 is 0 Å². The highest BCUT2D eigenvalue weighted by molar-refractivity contribution is 6.31. The highest BCUT2D eigenvalue weighted by atomic mass is 35.5. The van der Waals surface area contributed by atoms with Crippen molar-refractivity contribution in [3.05, 3.63) is 34.5 Å². The number of fused-ring (bicyclic) bond motifs is 1. The first-order chi connectivity index (χ1) is 8.58. The van der Waals surface area contributed by atoms with Crippen LogP contribution >= 0.6 is 11.6 Å². The average molecular weight is 267 g/mol. The normalized spacial score (nSPS) is 11.0. The number of aliphatic carboxylic acids is 1. The van der Waals surface area contributed by atoms with Gasteiger partial charge in [-0.25, -0.2) is 0 Å². The molecule has 0 radical (unpaired) electrons. The third-order valence-corrected chi connectivity index (χ3v) is 3.28. The Morgan fingerprint density at radius 2 is 2.17 bits per heavy atom. The maximum Gasteiger partial charge on any atom is 0.303 e. The molecule has 4 heteroatoms. The van der Waals surface area contributed by atoms with Gasteiger partial charge in [0.15, 0.2) is 0 Å². The second-order valence-corrected chi connectivity index (χ2v) is 4.83. The van der Waals surface area contributed by atoms with E-state index in [1.54, 1.807) is 6.07 Å². The molecule has 1 aromatic heterocycles. The van der Waals surface area contributed by atoms with Crippen molar-refractivity contribution in [2.45, 2.75) is 32.6 Å². The fourth-order valence-corrected chi connectivity index (χ4v) is 2.22. The summed E-state index contributed by atoms with van der Waals surface area (Å²) in [6.45, 7) is 2.01. The van der Waals surface area contributed by atoms with Crippen molar-refractivity contribution < 1.29 is 14.3 Å². The Kier molecular flexibility index (Phi) is 3.92. The van der Waals surface area contributed by atoms with E-state index < -0.39 is 5.97 Å². The molecule has 2 aromatic rings. The van der Waals surface area contributed by atoms with Gasteiger partial charge in [0, 0.05) is 23.3 Å². The van der Waals surface area contributed by atoms with Crippen LogP contribution in [0.15, 0.2) is 22.6 Å². The zero-order valence-corrected chi connectivity index (χ0v) is 11.0. The Balaban J connectivity index is 2.09. The number of halogens is 1. The topological polar surface area (TPSA) is 50.4 Å². The molecule has 1 heterocycles. The van der Waals surface area contributed by atoms with Crippen molar-refractivity contribution in [1.29, 1.82) is 0 Å². The fourth-order valence-electron chi connectivity index (χ4n) is 2.04. The molecule has 0 aliphatic carbocycles. The number of rotatable bonds is 5. The highest BCUT2D eigenvalue weighted by Gasteiger charge is 2.10. The van der Waals surface area contributed by atoms with Gasteiger partial charge in [-0.15, -0.1) is 0 Å². The largest absolute Gasteiger partial charge is 0.481 e. The van der Waals surface area contributed by atoms with E-state index in [4.69, 9.17) is 21.1 Å². The van der Waals surface area contributed by atoms with E-state index in [1.807, 2.05) is 19.1 Å². The first-order valence-electron chi connectivity index (χ1n) is 5.97. The van der Waals surface area contributed by atoms with Gasteiger partial charge in [0.05, 0.1) is 0 Å². The average Bonchev–Trinajstić information content (AvgIpc) is 2.62. The van der Waals surface area contributed by atoms with E-state index in [-0.39, 0.29) is 6.42 Å². The summed E-state index contributed by atoms with van der Waals surface area (Å²) in [4.78, 5) is 10.4. The van der Waals surface area contributed by atoms with Gasteiger partial charge in [-0.2, -0.15) is 0 Å². The number of hydrogen-bond acceptors (Lipinski definition) is 2. The molecule has 0 saturated carbocycles. The highest BCUT2D eigenvalue weighted by Crippen LogP contribution is 2.28. The number of hydrogen-bond donors (Lipinski definition) is 1. The number of aryl methyl sites for hydroxylation is 2. The minimum Gasteiger partial charge on any atom is -0.481 e. The minimum atomic E-state index is -0.747. The van der Waals surface area contributed by atoms with E-state index in [1.165, 1.54) is 0 Å².